The summed E-state index contributed by atoms with van der Waals surface area (Å²) in [6.45, 7) is 0. The first-order valence-corrected chi connectivity index (χ1v) is 21.0. The molecule has 270 valence electrons. The number of hydrogen-bond acceptors (Lipinski definition) is 2. The third-order valence-corrected chi connectivity index (χ3v) is 14.5. The molecule has 0 atom stereocenters. The molecule has 0 unspecified atom stereocenters. The van der Waals surface area contributed by atoms with Crippen molar-refractivity contribution in [2.75, 3.05) is 4.90 Å². The number of benzene rings is 9. The van der Waals surface area contributed by atoms with Gasteiger partial charge in [0.25, 0.3) is 0 Å². The molecule has 1 heterocycles. The van der Waals surface area contributed by atoms with Gasteiger partial charge in [0.1, 0.15) is 0 Å². The molecule has 10 aromatic rings. The molecule has 3 aliphatic carbocycles. The Labute approximate surface area is 341 Å². The molecule has 9 aromatic carbocycles. The predicted molar refractivity (Wildman–Crippen MR) is 242 cm³/mol. The molecule has 0 amide bonds. The van der Waals surface area contributed by atoms with Crippen LogP contribution in [0, 0.1) is 0 Å². The minimum atomic E-state index is -0.559. The average molecular weight is 754 g/mol. The van der Waals surface area contributed by atoms with E-state index in [2.05, 4.69) is 217 Å². The summed E-state index contributed by atoms with van der Waals surface area (Å²) in [6.07, 6.45) is 0. The maximum Gasteiger partial charge on any atom is 0.0720 e. The van der Waals surface area contributed by atoms with E-state index in [1.54, 1.807) is 0 Å². The first-order valence-electron chi connectivity index (χ1n) is 20.2. The van der Waals surface area contributed by atoms with Crippen LogP contribution in [0.5, 0.6) is 0 Å². The normalized spacial score (nSPS) is 14.5. The molecule has 0 N–H and O–H groups in total. The summed E-state index contributed by atoms with van der Waals surface area (Å²) in [6, 6.07) is 80.1. The molecule has 13 rings (SSSR count). The second-order valence-electron chi connectivity index (χ2n) is 15.9. The van der Waals surface area contributed by atoms with Crippen LogP contribution in [0.2, 0.25) is 0 Å². The summed E-state index contributed by atoms with van der Waals surface area (Å²) in [4.78, 5) is 2.51. The van der Waals surface area contributed by atoms with E-state index in [-0.39, 0.29) is 0 Å². The van der Waals surface area contributed by atoms with Crippen LogP contribution in [-0.2, 0) is 10.8 Å². The van der Waals surface area contributed by atoms with Gasteiger partial charge in [0, 0.05) is 31.5 Å². The fourth-order valence-corrected chi connectivity index (χ4v) is 12.4. The first-order chi connectivity index (χ1) is 28.8. The van der Waals surface area contributed by atoms with E-state index in [0.717, 1.165) is 11.4 Å². The topological polar surface area (TPSA) is 3.24 Å². The van der Waals surface area contributed by atoms with Gasteiger partial charge in [0.05, 0.1) is 16.5 Å². The van der Waals surface area contributed by atoms with Crippen molar-refractivity contribution in [3.8, 4) is 22.3 Å². The summed E-state index contributed by atoms with van der Waals surface area (Å²) in [5.74, 6) is 0. The minimum absolute atomic E-state index is 0.517. The standard InChI is InChI=1S/C56H35NS/c1-2-17-36(18-3-1)57(51-30-16-32-53-54(51)42-23-8-15-31-52(42)58-53)37-33-34-49-50(35-37)56(45-26-11-6-21-40(45)41-22-7-12-27-46(41)56)48-29-14-13-28-47(48)55(49)43-24-9-4-19-38(43)39-20-5-10-25-44(39)55/h1-35H. The molecule has 0 fully saturated rings. The van der Waals surface area contributed by atoms with Gasteiger partial charge in [-0.25, -0.2) is 0 Å². The zero-order valence-electron chi connectivity index (χ0n) is 31.6. The van der Waals surface area contributed by atoms with Crippen LogP contribution >= 0.6 is 11.3 Å². The molecular weight excluding hydrogens is 719 g/mol. The van der Waals surface area contributed by atoms with Gasteiger partial charge < -0.3 is 4.90 Å². The highest BCUT2D eigenvalue weighted by Gasteiger charge is 2.59. The SMILES string of the molecule is c1ccc(N(c2ccc3c(c2)C2(c4ccccc4-c4ccccc42)c2ccccc2C32c3ccccc3-c3ccccc32)c2cccc3sc4ccccc4c23)cc1. The quantitative estimate of drug-likeness (QED) is 0.174. The van der Waals surface area contributed by atoms with Gasteiger partial charge in [-0.1, -0.05) is 170 Å². The van der Waals surface area contributed by atoms with Gasteiger partial charge in [0.15, 0.2) is 0 Å². The van der Waals surface area contributed by atoms with Crippen LogP contribution in [0.25, 0.3) is 42.4 Å². The molecule has 0 radical (unpaired) electrons. The van der Waals surface area contributed by atoms with E-state index in [9.17, 15) is 0 Å². The highest BCUT2D eigenvalue weighted by atomic mass is 32.1. The monoisotopic (exact) mass is 753 g/mol. The van der Waals surface area contributed by atoms with Gasteiger partial charge in [-0.3, -0.25) is 0 Å². The highest BCUT2D eigenvalue weighted by Crippen LogP contribution is 2.67. The van der Waals surface area contributed by atoms with Gasteiger partial charge in [-0.05, 0) is 109 Å². The summed E-state index contributed by atoms with van der Waals surface area (Å²) in [5.41, 5.74) is 18.4. The Bertz CT molecular complexity index is 3220. The van der Waals surface area contributed by atoms with E-state index in [1.165, 1.54) is 92.6 Å². The Balaban J connectivity index is 1.21. The highest BCUT2D eigenvalue weighted by molar-refractivity contribution is 7.26. The molecule has 0 aliphatic heterocycles. The lowest BCUT2D eigenvalue weighted by Gasteiger charge is -2.49. The van der Waals surface area contributed by atoms with Crippen LogP contribution in [0.3, 0.4) is 0 Å². The Morgan fingerprint density at radius 3 is 1.34 bits per heavy atom. The van der Waals surface area contributed by atoms with Crippen LogP contribution in [-0.4, -0.2) is 0 Å². The third kappa shape index (κ3) is 3.91. The van der Waals surface area contributed by atoms with E-state index < -0.39 is 10.8 Å². The predicted octanol–water partition coefficient (Wildman–Crippen LogP) is 14.6. The Kier molecular flexibility index (Phi) is 6.52. The first kappa shape index (κ1) is 32.1. The molecule has 58 heavy (non-hydrogen) atoms. The number of fused-ring (bicyclic) bond motifs is 19. The van der Waals surface area contributed by atoms with E-state index >= 15 is 0 Å². The number of hydrogen-bond donors (Lipinski definition) is 0. The number of para-hydroxylation sites is 1. The number of nitrogens with zero attached hydrogens (tertiary/aromatic N) is 1. The molecule has 0 saturated carbocycles. The van der Waals surface area contributed by atoms with E-state index in [0.29, 0.717) is 0 Å². The molecule has 3 aliphatic rings. The lowest BCUT2D eigenvalue weighted by atomic mass is 9.52. The summed E-state index contributed by atoms with van der Waals surface area (Å²) in [7, 11) is 0. The smallest absolute Gasteiger partial charge is 0.0720 e. The van der Waals surface area contributed by atoms with Gasteiger partial charge >= 0.3 is 0 Å². The van der Waals surface area contributed by atoms with Crippen molar-refractivity contribution >= 4 is 48.6 Å². The van der Waals surface area contributed by atoms with E-state index in [4.69, 9.17) is 0 Å². The zero-order valence-corrected chi connectivity index (χ0v) is 32.4. The second-order valence-corrected chi connectivity index (χ2v) is 17.0. The minimum Gasteiger partial charge on any atom is -0.310 e. The lowest BCUT2D eigenvalue weighted by molar-refractivity contribution is 0.633. The van der Waals surface area contributed by atoms with Crippen molar-refractivity contribution in [3.63, 3.8) is 0 Å². The third-order valence-electron chi connectivity index (χ3n) is 13.3. The number of rotatable bonds is 3. The number of anilines is 3. The average Bonchev–Trinajstić information content (AvgIpc) is 3.92. The van der Waals surface area contributed by atoms with Crippen LogP contribution in [0.15, 0.2) is 212 Å². The van der Waals surface area contributed by atoms with Crippen molar-refractivity contribution in [1.82, 2.24) is 0 Å². The Hall–Kier alpha value is -7.00. The second kappa shape index (κ2) is 11.8. The van der Waals surface area contributed by atoms with E-state index in [1.807, 2.05) is 11.3 Å². The maximum absolute atomic E-state index is 2.57. The molecule has 2 spiro atoms. The van der Waals surface area contributed by atoms with Crippen molar-refractivity contribution in [2.45, 2.75) is 10.8 Å². The van der Waals surface area contributed by atoms with Crippen LogP contribution < -0.4 is 4.90 Å². The van der Waals surface area contributed by atoms with Gasteiger partial charge in [0.2, 0.25) is 0 Å². The molecule has 1 nitrogen and oxygen atoms in total. The van der Waals surface area contributed by atoms with Gasteiger partial charge in [-0.2, -0.15) is 0 Å². The molecule has 1 aromatic heterocycles. The summed E-state index contributed by atoms with van der Waals surface area (Å²) >= 11 is 1.87. The largest absolute Gasteiger partial charge is 0.310 e. The van der Waals surface area contributed by atoms with Crippen molar-refractivity contribution in [3.05, 3.63) is 257 Å². The van der Waals surface area contributed by atoms with Crippen molar-refractivity contribution in [1.29, 1.82) is 0 Å². The molecule has 0 saturated heterocycles. The van der Waals surface area contributed by atoms with Crippen molar-refractivity contribution in [2.24, 2.45) is 0 Å². The fourth-order valence-electron chi connectivity index (χ4n) is 11.3. The maximum atomic E-state index is 2.57. The van der Waals surface area contributed by atoms with Crippen LogP contribution in [0.4, 0.5) is 17.1 Å². The summed E-state index contributed by atoms with van der Waals surface area (Å²) < 4.78 is 2.60. The summed E-state index contributed by atoms with van der Waals surface area (Å²) in [5, 5.41) is 2.58. The Morgan fingerprint density at radius 1 is 0.310 bits per heavy atom. The molecule has 0 bridgehead atoms. The fraction of sp³-hybridized carbons (Fsp3) is 0.0357. The number of thiophene rings is 1. The van der Waals surface area contributed by atoms with Crippen LogP contribution in [0.1, 0.15) is 44.5 Å². The molecule has 2 heteroatoms. The zero-order chi connectivity index (χ0) is 38.0. The lowest BCUT2D eigenvalue weighted by Crippen LogP contribution is -2.43. The van der Waals surface area contributed by atoms with Gasteiger partial charge in [-0.15, -0.1) is 11.3 Å². The molecular formula is C56H35NS. The Morgan fingerprint density at radius 2 is 0.759 bits per heavy atom. The van der Waals surface area contributed by atoms with Crippen molar-refractivity contribution < 1.29 is 0 Å².